The van der Waals surface area contributed by atoms with Crippen LogP contribution in [0.25, 0.3) is 0 Å². The van der Waals surface area contributed by atoms with E-state index in [-0.39, 0.29) is 17.1 Å². The van der Waals surface area contributed by atoms with Gasteiger partial charge in [0, 0.05) is 6.07 Å². The Labute approximate surface area is 119 Å². The van der Waals surface area contributed by atoms with Crippen LogP contribution in [-0.2, 0) is 0 Å². The smallest absolute Gasteiger partial charge is 0.300 e. The molecule has 0 unspecified atom stereocenters. The quantitative estimate of drug-likeness (QED) is 0.645. The monoisotopic (exact) mass is 288 g/mol. The molecule has 108 valence electrons. The van der Waals surface area contributed by atoms with Gasteiger partial charge in [-0.25, -0.2) is 0 Å². The highest BCUT2D eigenvalue weighted by Gasteiger charge is 2.19. The Morgan fingerprint density at radius 3 is 2.14 bits per heavy atom. The molecule has 0 amide bonds. The van der Waals surface area contributed by atoms with Gasteiger partial charge in [-0.15, -0.1) is 0 Å². The molecule has 8 heteroatoms. The number of hydrogen-bond donors (Lipinski definition) is 2. The van der Waals surface area contributed by atoms with Gasteiger partial charge >= 0.3 is 5.69 Å². The molecule has 0 spiro atoms. The molecule has 2 aromatic rings. The second-order valence-electron chi connectivity index (χ2n) is 4.33. The molecular formula is C13H12N4O4. The summed E-state index contributed by atoms with van der Waals surface area (Å²) in [5.74, 6) is 0. The van der Waals surface area contributed by atoms with E-state index >= 15 is 0 Å². The zero-order chi connectivity index (χ0) is 15.4. The molecule has 2 N–H and O–H groups in total. The maximum atomic E-state index is 11.0. The Morgan fingerprint density at radius 2 is 1.57 bits per heavy atom. The van der Waals surface area contributed by atoms with Crippen molar-refractivity contribution in [2.45, 2.75) is 6.92 Å². The molecule has 0 radical (unpaired) electrons. The van der Waals surface area contributed by atoms with Crippen molar-refractivity contribution in [1.29, 1.82) is 0 Å². The van der Waals surface area contributed by atoms with E-state index in [0.29, 0.717) is 5.69 Å². The maximum Gasteiger partial charge on any atom is 0.300 e. The van der Waals surface area contributed by atoms with E-state index in [0.717, 1.165) is 11.6 Å². The number of hydrazine groups is 1. The number of non-ortho nitro benzene ring substituents is 1. The zero-order valence-corrected chi connectivity index (χ0v) is 11.1. The average Bonchev–Trinajstić information content (AvgIpc) is 2.46. The fourth-order valence-corrected chi connectivity index (χ4v) is 1.67. The Bertz CT molecular complexity index is 685. The van der Waals surface area contributed by atoms with Gasteiger partial charge < -0.3 is 5.43 Å². The van der Waals surface area contributed by atoms with Crippen LogP contribution < -0.4 is 10.9 Å². The fraction of sp³-hybridized carbons (Fsp3) is 0.0769. The number of aryl methyl sites for hydroxylation is 1. The molecule has 0 aliphatic heterocycles. The summed E-state index contributed by atoms with van der Waals surface area (Å²) in [5.41, 5.74) is 6.73. The Kier molecular flexibility index (Phi) is 3.98. The first-order valence-electron chi connectivity index (χ1n) is 5.99. The van der Waals surface area contributed by atoms with Gasteiger partial charge in [-0.1, -0.05) is 17.7 Å². The predicted octanol–water partition coefficient (Wildman–Crippen LogP) is 3.25. The molecule has 0 atom stereocenters. The van der Waals surface area contributed by atoms with E-state index in [1.807, 2.05) is 19.1 Å². The van der Waals surface area contributed by atoms with Crippen LogP contribution in [-0.4, -0.2) is 9.85 Å². The molecule has 0 saturated heterocycles. The van der Waals surface area contributed by atoms with Crippen molar-refractivity contribution in [2.75, 3.05) is 10.9 Å². The zero-order valence-electron chi connectivity index (χ0n) is 11.1. The van der Waals surface area contributed by atoms with E-state index in [2.05, 4.69) is 10.9 Å². The lowest BCUT2D eigenvalue weighted by molar-refractivity contribution is -0.393. The Balaban J connectivity index is 2.21. The van der Waals surface area contributed by atoms with E-state index in [4.69, 9.17) is 0 Å². The van der Waals surface area contributed by atoms with Crippen LogP contribution in [0.1, 0.15) is 5.56 Å². The number of nitrogens with zero attached hydrogens (tertiary/aromatic N) is 2. The molecule has 21 heavy (non-hydrogen) atoms. The van der Waals surface area contributed by atoms with Gasteiger partial charge in [0.15, 0.2) is 0 Å². The van der Waals surface area contributed by atoms with Gasteiger partial charge in [0.2, 0.25) is 0 Å². The second-order valence-corrected chi connectivity index (χ2v) is 4.33. The summed E-state index contributed by atoms with van der Waals surface area (Å²) in [6, 6.07) is 10.8. The first-order valence-corrected chi connectivity index (χ1v) is 5.99. The van der Waals surface area contributed by atoms with Crippen LogP contribution in [0, 0.1) is 27.2 Å². The largest absolute Gasteiger partial charge is 0.301 e. The molecule has 0 fully saturated rings. The van der Waals surface area contributed by atoms with Gasteiger partial charge in [0.05, 0.1) is 21.6 Å². The fourth-order valence-electron chi connectivity index (χ4n) is 1.67. The average molecular weight is 288 g/mol. The molecule has 0 aromatic heterocycles. The second kappa shape index (κ2) is 5.87. The van der Waals surface area contributed by atoms with Crippen LogP contribution in [0.15, 0.2) is 42.5 Å². The van der Waals surface area contributed by atoms with Crippen molar-refractivity contribution in [3.63, 3.8) is 0 Å². The van der Waals surface area contributed by atoms with Crippen molar-refractivity contribution in [3.8, 4) is 0 Å². The number of rotatable bonds is 5. The van der Waals surface area contributed by atoms with Crippen LogP contribution in [0.5, 0.6) is 0 Å². The molecule has 0 aliphatic carbocycles. The molecule has 0 heterocycles. The van der Waals surface area contributed by atoms with Gasteiger partial charge in [-0.2, -0.15) is 0 Å². The lowest BCUT2D eigenvalue weighted by Crippen LogP contribution is -2.10. The van der Waals surface area contributed by atoms with Gasteiger partial charge in [-0.05, 0) is 25.1 Å². The summed E-state index contributed by atoms with van der Waals surface area (Å²) >= 11 is 0. The standard InChI is InChI=1S/C13H12N4O4/c1-9-2-4-10(5-3-9)14-15-12-7-6-11(16(18)19)8-13(12)17(20)21/h2-8,14-15H,1H3. The van der Waals surface area contributed by atoms with Crippen LogP contribution in [0.4, 0.5) is 22.7 Å². The Morgan fingerprint density at radius 1 is 0.905 bits per heavy atom. The summed E-state index contributed by atoms with van der Waals surface area (Å²) in [6.07, 6.45) is 0. The number of hydrogen-bond acceptors (Lipinski definition) is 6. The first-order chi connectivity index (χ1) is 9.97. The summed E-state index contributed by atoms with van der Waals surface area (Å²) in [7, 11) is 0. The highest BCUT2D eigenvalue weighted by molar-refractivity contribution is 5.67. The molecular weight excluding hydrogens is 276 g/mol. The third-order valence-corrected chi connectivity index (χ3v) is 2.78. The SMILES string of the molecule is Cc1ccc(NNc2ccc([N+](=O)[O-])cc2[N+](=O)[O-])cc1. The maximum absolute atomic E-state index is 11.0. The van der Waals surface area contributed by atoms with Crippen LogP contribution in [0.3, 0.4) is 0 Å². The summed E-state index contributed by atoms with van der Waals surface area (Å²) in [5, 5.41) is 21.6. The van der Waals surface area contributed by atoms with Crippen LogP contribution in [0.2, 0.25) is 0 Å². The number of anilines is 2. The van der Waals surface area contributed by atoms with Crippen molar-refractivity contribution >= 4 is 22.7 Å². The molecule has 2 aromatic carbocycles. The number of nitro groups is 2. The minimum absolute atomic E-state index is 0.145. The lowest BCUT2D eigenvalue weighted by atomic mass is 10.2. The minimum Gasteiger partial charge on any atom is -0.301 e. The van der Waals surface area contributed by atoms with Gasteiger partial charge in [-0.3, -0.25) is 25.7 Å². The molecule has 8 nitrogen and oxygen atoms in total. The highest BCUT2D eigenvalue weighted by Crippen LogP contribution is 2.28. The minimum atomic E-state index is -0.676. The summed E-state index contributed by atoms with van der Waals surface area (Å²) < 4.78 is 0. The topological polar surface area (TPSA) is 110 Å². The van der Waals surface area contributed by atoms with Crippen molar-refractivity contribution in [3.05, 3.63) is 68.3 Å². The third-order valence-electron chi connectivity index (χ3n) is 2.78. The summed E-state index contributed by atoms with van der Waals surface area (Å²) in [6.45, 7) is 1.94. The number of nitro benzene ring substituents is 2. The van der Waals surface area contributed by atoms with Gasteiger partial charge in [0.25, 0.3) is 5.69 Å². The van der Waals surface area contributed by atoms with E-state index in [1.165, 1.54) is 12.1 Å². The first kappa shape index (κ1) is 14.3. The van der Waals surface area contributed by atoms with Crippen molar-refractivity contribution in [2.24, 2.45) is 0 Å². The van der Waals surface area contributed by atoms with Crippen molar-refractivity contribution in [1.82, 2.24) is 0 Å². The van der Waals surface area contributed by atoms with Crippen molar-refractivity contribution < 1.29 is 9.85 Å². The lowest BCUT2D eigenvalue weighted by Gasteiger charge is -2.10. The van der Waals surface area contributed by atoms with E-state index in [1.54, 1.807) is 12.1 Å². The molecule has 0 bridgehead atoms. The van der Waals surface area contributed by atoms with Crippen LogP contribution >= 0.6 is 0 Å². The number of benzene rings is 2. The van der Waals surface area contributed by atoms with E-state index < -0.39 is 9.85 Å². The summed E-state index contributed by atoms with van der Waals surface area (Å²) in [4.78, 5) is 20.3. The Hall–Kier alpha value is -3.16. The molecule has 0 saturated carbocycles. The molecule has 0 aliphatic rings. The predicted molar refractivity (Wildman–Crippen MR) is 78.2 cm³/mol. The van der Waals surface area contributed by atoms with E-state index in [9.17, 15) is 20.2 Å². The highest BCUT2D eigenvalue weighted by atomic mass is 16.6. The third kappa shape index (κ3) is 3.44. The number of nitrogens with one attached hydrogen (secondary N) is 2. The van der Waals surface area contributed by atoms with Gasteiger partial charge in [0.1, 0.15) is 5.69 Å². The normalized spacial score (nSPS) is 9.95. The molecule has 2 rings (SSSR count).